The number of rotatable bonds is 6. The lowest BCUT2D eigenvalue weighted by Gasteiger charge is -2.07. The molecule has 7 nitrogen and oxygen atoms in total. The third-order valence-electron chi connectivity index (χ3n) is 3.42. The quantitative estimate of drug-likeness (QED) is 0.731. The van der Waals surface area contributed by atoms with Crippen LogP contribution in [0.2, 0.25) is 0 Å². The molecule has 0 saturated carbocycles. The number of carbonyl (C=O) groups is 1. The zero-order chi connectivity index (χ0) is 17.8. The van der Waals surface area contributed by atoms with E-state index in [1.807, 2.05) is 0 Å². The van der Waals surface area contributed by atoms with Crippen molar-refractivity contribution in [1.29, 1.82) is 0 Å². The normalized spacial score (nSPS) is 11.0. The Balaban J connectivity index is 1.59. The van der Waals surface area contributed by atoms with Crippen molar-refractivity contribution in [2.75, 3.05) is 0 Å². The van der Waals surface area contributed by atoms with Crippen LogP contribution in [-0.4, -0.2) is 26.7 Å². The summed E-state index contributed by atoms with van der Waals surface area (Å²) in [5, 5.41) is 6.71. The molecule has 1 N–H and O–H groups in total. The van der Waals surface area contributed by atoms with Gasteiger partial charge in [-0.1, -0.05) is 18.2 Å². The average Bonchev–Trinajstić information content (AvgIpc) is 2.90. The molecule has 1 aromatic carbocycles. The summed E-state index contributed by atoms with van der Waals surface area (Å²) in [6, 6.07) is 11.0. The van der Waals surface area contributed by atoms with E-state index in [2.05, 4.69) is 15.2 Å². The molecule has 25 heavy (non-hydrogen) atoms. The Morgan fingerprint density at radius 1 is 1.20 bits per heavy atom. The Labute approximate surface area is 140 Å². The molecule has 0 aliphatic carbocycles. The van der Waals surface area contributed by atoms with E-state index in [1.165, 1.54) is 16.5 Å². The van der Waals surface area contributed by atoms with Gasteiger partial charge in [0.1, 0.15) is 12.3 Å². The van der Waals surface area contributed by atoms with E-state index < -0.39 is 18.2 Å². The Morgan fingerprint density at radius 3 is 2.64 bits per heavy atom. The van der Waals surface area contributed by atoms with Crippen LogP contribution in [0.3, 0.4) is 0 Å². The number of aromatic nitrogens is 3. The maximum Gasteiger partial charge on any atom is 0.387 e. The third kappa shape index (κ3) is 4.00. The molecule has 130 valence electrons. The maximum atomic E-state index is 12.1. The van der Waals surface area contributed by atoms with Gasteiger partial charge in [-0.3, -0.25) is 9.20 Å². The van der Waals surface area contributed by atoms with Crippen LogP contribution in [0.15, 0.2) is 53.5 Å². The summed E-state index contributed by atoms with van der Waals surface area (Å²) in [6.45, 7) is -2.91. The molecule has 0 radical (unpaired) electrons. The van der Waals surface area contributed by atoms with E-state index in [4.69, 9.17) is 0 Å². The fourth-order valence-corrected chi connectivity index (χ4v) is 2.25. The molecule has 1 amide bonds. The summed E-state index contributed by atoms with van der Waals surface area (Å²) in [5.41, 5.74) is 0.756. The SMILES string of the molecule is O=C(Cn1nc2ccccn2c1=O)NCc1ccc(OC(F)F)cc1. The predicted octanol–water partition coefficient (Wildman–Crippen LogP) is 1.41. The van der Waals surface area contributed by atoms with Gasteiger partial charge in [-0.25, -0.2) is 9.48 Å². The molecule has 0 fully saturated rings. The highest BCUT2D eigenvalue weighted by Gasteiger charge is 2.10. The third-order valence-corrected chi connectivity index (χ3v) is 3.42. The summed E-state index contributed by atoms with van der Waals surface area (Å²) in [7, 11) is 0. The second-order valence-electron chi connectivity index (χ2n) is 5.17. The van der Waals surface area contributed by atoms with E-state index in [0.29, 0.717) is 11.2 Å². The summed E-state index contributed by atoms with van der Waals surface area (Å²) in [6.07, 6.45) is 1.57. The molecule has 2 heterocycles. The van der Waals surface area contributed by atoms with Gasteiger partial charge in [-0.05, 0) is 29.8 Å². The molecule has 3 rings (SSSR count). The Hall–Kier alpha value is -3.23. The van der Waals surface area contributed by atoms with Crippen LogP contribution in [0.1, 0.15) is 5.56 Å². The first-order valence-electron chi connectivity index (χ1n) is 7.37. The molecular weight excluding hydrogens is 334 g/mol. The van der Waals surface area contributed by atoms with E-state index in [0.717, 1.165) is 4.68 Å². The first kappa shape index (κ1) is 16.6. The minimum atomic E-state index is -2.88. The lowest BCUT2D eigenvalue weighted by Crippen LogP contribution is -2.32. The summed E-state index contributed by atoms with van der Waals surface area (Å²) >= 11 is 0. The van der Waals surface area contributed by atoms with Crippen LogP contribution in [0.5, 0.6) is 5.75 Å². The fourth-order valence-electron chi connectivity index (χ4n) is 2.25. The van der Waals surface area contributed by atoms with Gasteiger partial charge in [-0.15, -0.1) is 5.10 Å². The number of carbonyl (C=O) groups excluding carboxylic acids is 1. The topological polar surface area (TPSA) is 77.6 Å². The van der Waals surface area contributed by atoms with Gasteiger partial charge < -0.3 is 10.1 Å². The first-order valence-corrected chi connectivity index (χ1v) is 7.37. The van der Waals surface area contributed by atoms with Crippen molar-refractivity contribution in [3.05, 3.63) is 64.7 Å². The monoisotopic (exact) mass is 348 g/mol. The van der Waals surface area contributed by atoms with E-state index in [9.17, 15) is 18.4 Å². The van der Waals surface area contributed by atoms with Gasteiger partial charge in [0.2, 0.25) is 5.91 Å². The van der Waals surface area contributed by atoms with Crippen LogP contribution >= 0.6 is 0 Å². The largest absolute Gasteiger partial charge is 0.435 e. The molecular formula is C16H14F2N4O3. The molecule has 0 bridgehead atoms. The van der Waals surface area contributed by atoms with E-state index >= 15 is 0 Å². The molecule has 0 saturated heterocycles. The fraction of sp³-hybridized carbons (Fsp3) is 0.188. The lowest BCUT2D eigenvalue weighted by atomic mass is 10.2. The Morgan fingerprint density at radius 2 is 1.96 bits per heavy atom. The summed E-state index contributed by atoms with van der Waals surface area (Å²) < 4.78 is 30.8. The number of pyridine rings is 1. The van der Waals surface area contributed by atoms with Crippen molar-refractivity contribution < 1.29 is 18.3 Å². The number of halogens is 2. The molecule has 0 spiro atoms. The highest BCUT2D eigenvalue weighted by atomic mass is 19.3. The highest BCUT2D eigenvalue weighted by molar-refractivity contribution is 5.75. The minimum Gasteiger partial charge on any atom is -0.435 e. The molecule has 0 atom stereocenters. The zero-order valence-corrected chi connectivity index (χ0v) is 12.9. The summed E-state index contributed by atoms with van der Waals surface area (Å²) in [5.74, 6) is -0.347. The maximum absolute atomic E-state index is 12.1. The number of amides is 1. The zero-order valence-electron chi connectivity index (χ0n) is 12.9. The molecule has 9 heteroatoms. The smallest absolute Gasteiger partial charge is 0.387 e. The number of hydrogen-bond donors (Lipinski definition) is 1. The first-order chi connectivity index (χ1) is 12.0. The van der Waals surface area contributed by atoms with Gasteiger partial charge in [0.15, 0.2) is 5.65 Å². The van der Waals surface area contributed by atoms with Gasteiger partial charge in [-0.2, -0.15) is 8.78 Å². The number of nitrogens with one attached hydrogen (secondary N) is 1. The highest BCUT2D eigenvalue weighted by Crippen LogP contribution is 2.14. The standard InChI is InChI=1S/C16H14F2N4O3/c17-15(18)25-12-6-4-11(5-7-12)9-19-14(23)10-22-16(24)21-8-2-1-3-13(21)20-22/h1-8,15H,9-10H2,(H,19,23). The second-order valence-corrected chi connectivity index (χ2v) is 5.17. The van der Waals surface area contributed by atoms with Gasteiger partial charge in [0.25, 0.3) is 0 Å². The van der Waals surface area contributed by atoms with Crippen molar-refractivity contribution >= 4 is 11.6 Å². The molecule has 0 aliphatic rings. The van der Waals surface area contributed by atoms with Crippen molar-refractivity contribution in [2.24, 2.45) is 0 Å². The molecule has 2 aromatic heterocycles. The number of benzene rings is 1. The van der Waals surface area contributed by atoms with Gasteiger partial charge in [0, 0.05) is 12.7 Å². The van der Waals surface area contributed by atoms with Crippen LogP contribution in [0.25, 0.3) is 5.65 Å². The van der Waals surface area contributed by atoms with Gasteiger partial charge in [0.05, 0.1) is 0 Å². The van der Waals surface area contributed by atoms with Crippen molar-refractivity contribution in [2.45, 2.75) is 19.7 Å². The number of fused-ring (bicyclic) bond motifs is 1. The average molecular weight is 348 g/mol. The van der Waals surface area contributed by atoms with Crippen molar-refractivity contribution in [1.82, 2.24) is 19.5 Å². The second kappa shape index (κ2) is 7.12. The van der Waals surface area contributed by atoms with Crippen molar-refractivity contribution in [3.63, 3.8) is 0 Å². The van der Waals surface area contributed by atoms with Crippen LogP contribution < -0.4 is 15.7 Å². The number of alkyl halides is 2. The van der Waals surface area contributed by atoms with Gasteiger partial charge >= 0.3 is 12.3 Å². The number of hydrogen-bond acceptors (Lipinski definition) is 4. The summed E-state index contributed by atoms with van der Waals surface area (Å²) in [4.78, 5) is 24.1. The van der Waals surface area contributed by atoms with Crippen molar-refractivity contribution in [3.8, 4) is 5.75 Å². The van der Waals surface area contributed by atoms with Crippen LogP contribution in [-0.2, 0) is 17.9 Å². The number of nitrogens with zero attached hydrogens (tertiary/aromatic N) is 3. The Kier molecular flexibility index (Phi) is 4.73. The lowest BCUT2D eigenvalue weighted by molar-refractivity contribution is -0.122. The van der Waals surface area contributed by atoms with E-state index in [-0.39, 0.29) is 18.8 Å². The molecule has 3 aromatic rings. The molecule has 0 unspecified atom stereocenters. The van der Waals surface area contributed by atoms with Crippen LogP contribution in [0.4, 0.5) is 8.78 Å². The minimum absolute atomic E-state index is 0.0429. The number of ether oxygens (including phenoxy) is 1. The Bertz CT molecular complexity index is 934. The van der Waals surface area contributed by atoms with Crippen LogP contribution in [0, 0.1) is 0 Å². The molecule has 0 aliphatic heterocycles. The predicted molar refractivity (Wildman–Crippen MR) is 84.4 cm³/mol. The van der Waals surface area contributed by atoms with E-state index in [1.54, 1.807) is 36.5 Å².